The number of nitro groups is 1. The van der Waals surface area contributed by atoms with E-state index in [2.05, 4.69) is 9.97 Å². The molecule has 1 amide bonds. The number of fused-ring (bicyclic) bond motifs is 1. The Kier molecular flexibility index (Phi) is 5.44. The summed E-state index contributed by atoms with van der Waals surface area (Å²) in [5.74, 6) is -0.611. The fourth-order valence-corrected chi connectivity index (χ4v) is 3.93. The van der Waals surface area contributed by atoms with Gasteiger partial charge in [-0.1, -0.05) is 29.5 Å². The van der Waals surface area contributed by atoms with Gasteiger partial charge in [-0.05, 0) is 35.9 Å². The Bertz CT molecular complexity index is 1210. The van der Waals surface area contributed by atoms with Gasteiger partial charge in [0.15, 0.2) is 5.13 Å². The first-order chi connectivity index (χ1) is 14.5. The smallest absolute Gasteiger partial charge is 0.269 e. The minimum absolute atomic E-state index is 0.0368. The number of non-ortho nitro benzene ring substituents is 1. The highest BCUT2D eigenvalue weighted by molar-refractivity contribution is 7.22. The molecule has 0 aliphatic carbocycles. The quantitative estimate of drug-likeness (QED) is 0.337. The van der Waals surface area contributed by atoms with Gasteiger partial charge in [-0.2, -0.15) is 0 Å². The van der Waals surface area contributed by atoms with Gasteiger partial charge in [0.1, 0.15) is 5.82 Å². The van der Waals surface area contributed by atoms with Crippen molar-refractivity contribution in [2.45, 2.75) is 13.0 Å². The van der Waals surface area contributed by atoms with Crippen LogP contribution in [0.15, 0.2) is 66.9 Å². The van der Waals surface area contributed by atoms with Gasteiger partial charge in [-0.15, -0.1) is 0 Å². The van der Waals surface area contributed by atoms with E-state index in [9.17, 15) is 19.3 Å². The van der Waals surface area contributed by atoms with Crippen molar-refractivity contribution in [3.63, 3.8) is 0 Å². The highest BCUT2D eigenvalue weighted by Gasteiger charge is 2.21. The molecule has 0 saturated carbocycles. The highest BCUT2D eigenvalue weighted by atomic mass is 32.1. The Labute approximate surface area is 174 Å². The number of amides is 1. The topological polar surface area (TPSA) is 89.2 Å². The zero-order valence-electron chi connectivity index (χ0n) is 15.6. The number of carbonyl (C=O) groups excluding carboxylic acids is 1. The van der Waals surface area contributed by atoms with Crippen LogP contribution in [0.4, 0.5) is 15.2 Å². The van der Waals surface area contributed by atoms with Crippen molar-refractivity contribution < 1.29 is 14.1 Å². The van der Waals surface area contributed by atoms with Crippen LogP contribution < -0.4 is 4.90 Å². The number of rotatable bonds is 6. The number of carbonyl (C=O) groups is 1. The van der Waals surface area contributed by atoms with Gasteiger partial charge in [-0.25, -0.2) is 9.37 Å². The van der Waals surface area contributed by atoms with Gasteiger partial charge in [0.05, 0.1) is 33.8 Å². The first kappa shape index (κ1) is 19.6. The molecule has 30 heavy (non-hydrogen) atoms. The lowest BCUT2D eigenvalue weighted by atomic mass is 10.1. The maximum atomic E-state index is 13.6. The molecular formula is C21H15FN4O3S. The summed E-state index contributed by atoms with van der Waals surface area (Å²) in [4.78, 5) is 33.8. The fourth-order valence-electron chi connectivity index (χ4n) is 2.92. The number of halogens is 1. The summed E-state index contributed by atoms with van der Waals surface area (Å²) in [6.45, 7) is 0.203. The maximum Gasteiger partial charge on any atom is 0.269 e. The van der Waals surface area contributed by atoms with Crippen molar-refractivity contribution in [1.82, 2.24) is 9.97 Å². The van der Waals surface area contributed by atoms with Crippen LogP contribution >= 0.6 is 11.3 Å². The lowest BCUT2D eigenvalue weighted by Crippen LogP contribution is -2.32. The van der Waals surface area contributed by atoms with E-state index in [1.807, 2.05) is 6.07 Å². The predicted octanol–water partition coefficient (Wildman–Crippen LogP) is 4.51. The number of pyridine rings is 1. The number of aromatic nitrogens is 2. The maximum absolute atomic E-state index is 13.6. The summed E-state index contributed by atoms with van der Waals surface area (Å²) in [7, 11) is 0. The van der Waals surface area contributed by atoms with Crippen LogP contribution in [-0.4, -0.2) is 20.8 Å². The van der Waals surface area contributed by atoms with Gasteiger partial charge < -0.3 is 0 Å². The second-order valence-electron chi connectivity index (χ2n) is 6.51. The van der Waals surface area contributed by atoms with E-state index in [1.165, 1.54) is 40.5 Å². The Morgan fingerprint density at radius 3 is 2.63 bits per heavy atom. The van der Waals surface area contributed by atoms with Crippen LogP contribution in [0.3, 0.4) is 0 Å². The molecule has 0 saturated heterocycles. The summed E-state index contributed by atoms with van der Waals surface area (Å²) >= 11 is 1.22. The number of thiazole rings is 1. The lowest BCUT2D eigenvalue weighted by molar-refractivity contribution is -0.384. The van der Waals surface area contributed by atoms with Gasteiger partial charge in [-0.3, -0.25) is 24.8 Å². The average Bonchev–Trinajstić information content (AvgIpc) is 3.15. The fraction of sp³-hybridized carbons (Fsp3) is 0.0952. The van der Waals surface area contributed by atoms with E-state index < -0.39 is 4.92 Å². The van der Waals surface area contributed by atoms with Gasteiger partial charge in [0, 0.05) is 18.3 Å². The van der Waals surface area contributed by atoms with Crippen molar-refractivity contribution in [3.8, 4) is 0 Å². The molecule has 0 aliphatic rings. The Hall–Kier alpha value is -3.72. The molecule has 2 aromatic carbocycles. The van der Waals surface area contributed by atoms with E-state index >= 15 is 0 Å². The molecule has 9 heteroatoms. The standard InChI is InChI=1S/C21H15FN4O3S/c22-15-6-9-18-19(12-15)30-21(24-18)25(13-16-3-1-2-10-23-16)20(27)11-14-4-7-17(8-5-14)26(28)29/h1-10,12H,11,13H2. The van der Waals surface area contributed by atoms with Crippen LogP contribution in [0.25, 0.3) is 10.2 Å². The SMILES string of the molecule is O=C(Cc1ccc([N+](=O)[O-])cc1)N(Cc1ccccn1)c1nc2ccc(F)cc2s1. The average molecular weight is 422 g/mol. The highest BCUT2D eigenvalue weighted by Crippen LogP contribution is 2.30. The van der Waals surface area contributed by atoms with E-state index in [0.717, 1.165) is 0 Å². The molecule has 2 aromatic heterocycles. The Morgan fingerprint density at radius 1 is 1.13 bits per heavy atom. The summed E-state index contributed by atoms with van der Waals surface area (Å²) in [5, 5.41) is 11.3. The molecule has 0 aliphatic heterocycles. The van der Waals surface area contributed by atoms with Crippen LogP contribution in [0.2, 0.25) is 0 Å². The second-order valence-corrected chi connectivity index (χ2v) is 7.52. The molecule has 0 atom stereocenters. The molecule has 2 heterocycles. The molecule has 7 nitrogen and oxygen atoms in total. The first-order valence-electron chi connectivity index (χ1n) is 8.99. The summed E-state index contributed by atoms with van der Waals surface area (Å²) in [5.41, 5.74) is 1.89. The van der Waals surface area contributed by atoms with Gasteiger partial charge in [0.25, 0.3) is 5.69 Å². The minimum Gasteiger partial charge on any atom is -0.282 e. The zero-order chi connectivity index (χ0) is 21.1. The minimum atomic E-state index is -0.487. The van der Waals surface area contributed by atoms with Crippen LogP contribution in [0.5, 0.6) is 0 Å². The first-order valence-corrected chi connectivity index (χ1v) is 9.81. The van der Waals surface area contributed by atoms with Crippen molar-refractivity contribution in [2.75, 3.05) is 4.90 Å². The van der Waals surface area contributed by atoms with E-state index in [0.29, 0.717) is 26.6 Å². The van der Waals surface area contributed by atoms with Crippen molar-refractivity contribution >= 4 is 38.3 Å². The number of nitro benzene ring substituents is 1. The second kappa shape index (κ2) is 8.34. The van der Waals surface area contributed by atoms with Gasteiger partial charge in [0.2, 0.25) is 5.91 Å². The molecule has 0 fully saturated rings. The van der Waals surface area contributed by atoms with Crippen molar-refractivity contribution in [1.29, 1.82) is 0 Å². The molecule has 0 bridgehead atoms. The lowest BCUT2D eigenvalue weighted by Gasteiger charge is -2.19. The van der Waals surface area contributed by atoms with Crippen LogP contribution in [0.1, 0.15) is 11.3 Å². The van der Waals surface area contributed by atoms with E-state index in [1.54, 1.807) is 36.5 Å². The van der Waals surface area contributed by atoms with E-state index in [4.69, 9.17) is 0 Å². The summed E-state index contributed by atoms with van der Waals surface area (Å²) < 4.78 is 14.2. The van der Waals surface area contributed by atoms with Crippen LogP contribution in [0, 0.1) is 15.9 Å². The summed E-state index contributed by atoms with van der Waals surface area (Å²) in [6, 6.07) is 15.6. The molecule has 0 spiro atoms. The third-order valence-corrected chi connectivity index (χ3v) is 5.46. The number of anilines is 1. The van der Waals surface area contributed by atoms with Crippen molar-refractivity contribution in [2.24, 2.45) is 0 Å². The zero-order valence-corrected chi connectivity index (χ0v) is 16.4. The number of nitrogens with zero attached hydrogens (tertiary/aromatic N) is 4. The van der Waals surface area contributed by atoms with E-state index in [-0.39, 0.29) is 30.4 Å². The molecular weight excluding hydrogens is 407 g/mol. The largest absolute Gasteiger partial charge is 0.282 e. The monoisotopic (exact) mass is 422 g/mol. The van der Waals surface area contributed by atoms with Gasteiger partial charge >= 0.3 is 0 Å². The van der Waals surface area contributed by atoms with Crippen molar-refractivity contribution in [3.05, 3.63) is 94.0 Å². The normalized spacial score (nSPS) is 10.8. The molecule has 4 aromatic rings. The molecule has 0 N–H and O–H groups in total. The Balaban J connectivity index is 1.65. The molecule has 4 rings (SSSR count). The Morgan fingerprint density at radius 2 is 1.93 bits per heavy atom. The molecule has 0 radical (unpaired) electrons. The molecule has 0 unspecified atom stereocenters. The number of hydrogen-bond acceptors (Lipinski definition) is 6. The van der Waals surface area contributed by atoms with Crippen LogP contribution in [-0.2, 0) is 17.8 Å². The number of benzene rings is 2. The predicted molar refractivity (Wildman–Crippen MR) is 112 cm³/mol. The third kappa shape index (κ3) is 4.31. The number of hydrogen-bond donors (Lipinski definition) is 0. The molecule has 150 valence electrons. The third-order valence-electron chi connectivity index (χ3n) is 4.42. The summed E-state index contributed by atoms with van der Waals surface area (Å²) in [6.07, 6.45) is 1.68.